The number of carboxylic acids is 1. The minimum Gasteiger partial charge on any atom is -0.487 e. The number of nitro groups is 1. The lowest BCUT2D eigenvalue weighted by Crippen LogP contribution is -2.45. The lowest BCUT2D eigenvalue weighted by atomic mass is 10.0. The number of aliphatic carboxylic acids is 1. The molecular weight excluding hydrogens is 259 g/mol. The van der Waals surface area contributed by atoms with Crippen molar-refractivity contribution in [2.24, 2.45) is 5.73 Å². The number of halogens is 1. The quantitative estimate of drug-likeness (QED) is 0.595. The smallest absolute Gasteiger partial charge is 0.323 e. The van der Waals surface area contributed by atoms with Gasteiger partial charge in [-0.1, -0.05) is 0 Å². The van der Waals surface area contributed by atoms with Gasteiger partial charge in [-0.3, -0.25) is 14.9 Å². The molecule has 0 bridgehead atoms. The number of hydrogen-bond donors (Lipinski definition) is 2. The van der Waals surface area contributed by atoms with E-state index in [2.05, 4.69) is 0 Å². The molecule has 8 heteroatoms. The topological polar surface area (TPSA) is 116 Å². The maximum Gasteiger partial charge on any atom is 0.323 e. The number of nitrogens with two attached hydrogens (primary N) is 1. The molecule has 0 aromatic heterocycles. The van der Waals surface area contributed by atoms with E-state index in [9.17, 15) is 19.3 Å². The van der Waals surface area contributed by atoms with Gasteiger partial charge in [0.2, 0.25) is 0 Å². The molecule has 0 saturated heterocycles. The Morgan fingerprint density at radius 3 is 2.79 bits per heavy atom. The lowest BCUT2D eigenvalue weighted by Gasteiger charge is -2.18. The molecular formula is C11H13FN2O5. The Kier molecular flexibility index (Phi) is 4.38. The van der Waals surface area contributed by atoms with Crippen LogP contribution in [0.5, 0.6) is 5.75 Å². The highest BCUT2D eigenvalue weighted by atomic mass is 19.1. The summed E-state index contributed by atoms with van der Waals surface area (Å²) in [7, 11) is 0. The summed E-state index contributed by atoms with van der Waals surface area (Å²) < 4.78 is 18.0. The van der Waals surface area contributed by atoms with E-state index in [1.54, 1.807) is 0 Å². The summed E-state index contributed by atoms with van der Waals surface area (Å²) >= 11 is 0. The molecule has 0 amide bonds. The van der Waals surface area contributed by atoms with Crippen LogP contribution in [0, 0.1) is 15.9 Å². The highest BCUT2D eigenvalue weighted by Gasteiger charge is 2.28. The molecule has 104 valence electrons. The van der Waals surface area contributed by atoms with Gasteiger partial charge >= 0.3 is 11.7 Å². The molecule has 1 aromatic rings. The molecule has 0 saturated carbocycles. The Bertz CT molecular complexity index is 504. The van der Waals surface area contributed by atoms with Crippen LogP contribution in [0.4, 0.5) is 10.1 Å². The minimum absolute atomic E-state index is 0.0448. The SMILES string of the molecule is CC(N)(CCOc1ccc(F)cc1[N+](=O)[O-])C(=O)O. The van der Waals surface area contributed by atoms with Crippen LogP contribution < -0.4 is 10.5 Å². The summed E-state index contributed by atoms with van der Waals surface area (Å²) in [5.41, 5.74) is 3.46. The predicted octanol–water partition coefficient (Wildman–Crippen LogP) is 1.30. The molecule has 0 aliphatic rings. The van der Waals surface area contributed by atoms with E-state index in [0.717, 1.165) is 18.2 Å². The average molecular weight is 272 g/mol. The van der Waals surface area contributed by atoms with Crippen molar-refractivity contribution >= 4 is 11.7 Å². The van der Waals surface area contributed by atoms with Gasteiger partial charge in [-0.05, 0) is 19.1 Å². The van der Waals surface area contributed by atoms with E-state index in [1.807, 2.05) is 0 Å². The van der Waals surface area contributed by atoms with Crippen molar-refractivity contribution in [1.82, 2.24) is 0 Å². The molecule has 0 spiro atoms. The van der Waals surface area contributed by atoms with Crippen molar-refractivity contribution in [3.8, 4) is 5.75 Å². The fraction of sp³-hybridized carbons (Fsp3) is 0.364. The van der Waals surface area contributed by atoms with E-state index >= 15 is 0 Å². The van der Waals surface area contributed by atoms with Gasteiger partial charge in [0, 0.05) is 6.42 Å². The van der Waals surface area contributed by atoms with E-state index in [4.69, 9.17) is 15.6 Å². The first-order valence-corrected chi connectivity index (χ1v) is 5.33. The summed E-state index contributed by atoms with van der Waals surface area (Å²) in [5, 5.41) is 19.5. The molecule has 0 heterocycles. The molecule has 19 heavy (non-hydrogen) atoms. The van der Waals surface area contributed by atoms with Crippen LogP contribution in [0.15, 0.2) is 18.2 Å². The van der Waals surface area contributed by atoms with Crippen LogP contribution in [0.3, 0.4) is 0 Å². The molecule has 0 aliphatic heterocycles. The molecule has 7 nitrogen and oxygen atoms in total. The standard InChI is InChI=1S/C11H13FN2O5/c1-11(13,10(15)16)4-5-19-9-3-2-7(12)6-8(9)14(17)18/h2-3,6H,4-5,13H2,1H3,(H,15,16). The monoisotopic (exact) mass is 272 g/mol. The number of hydrogen-bond acceptors (Lipinski definition) is 5. The van der Waals surface area contributed by atoms with Gasteiger partial charge in [0.05, 0.1) is 17.6 Å². The van der Waals surface area contributed by atoms with Gasteiger partial charge in [0.1, 0.15) is 11.4 Å². The van der Waals surface area contributed by atoms with Gasteiger partial charge in [-0.15, -0.1) is 0 Å². The molecule has 1 atom stereocenters. The second-order valence-corrected chi connectivity index (χ2v) is 4.19. The number of rotatable bonds is 6. The van der Waals surface area contributed by atoms with Crippen LogP contribution >= 0.6 is 0 Å². The largest absolute Gasteiger partial charge is 0.487 e. The number of nitro benzene ring substituents is 1. The zero-order valence-electron chi connectivity index (χ0n) is 10.1. The first-order chi connectivity index (χ1) is 8.74. The number of nitrogens with zero attached hydrogens (tertiary/aromatic N) is 1. The van der Waals surface area contributed by atoms with Crippen LogP contribution in [-0.2, 0) is 4.79 Å². The predicted molar refractivity (Wildman–Crippen MR) is 63.4 cm³/mol. The van der Waals surface area contributed by atoms with Crippen LogP contribution in [0.1, 0.15) is 13.3 Å². The molecule has 0 aliphatic carbocycles. The van der Waals surface area contributed by atoms with E-state index in [1.165, 1.54) is 6.92 Å². The third kappa shape index (κ3) is 3.88. The lowest BCUT2D eigenvalue weighted by molar-refractivity contribution is -0.386. The van der Waals surface area contributed by atoms with Crippen LogP contribution in [0.2, 0.25) is 0 Å². The number of carboxylic acid groups (broad SMARTS) is 1. The van der Waals surface area contributed by atoms with Crippen molar-refractivity contribution < 1.29 is 24.0 Å². The van der Waals surface area contributed by atoms with Crippen LogP contribution in [0.25, 0.3) is 0 Å². The Labute approximate surface area is 107 Å². The van der Waals surface area contributed by atoms with Gasteiger partial charge in [-0.2, -0.15) is 0 Å². The average Bonchev–Trinajstić information content (AvgIpc) is 2.30. The minimum atomic E-state index is -1.49. The highest BCUT2D eigenvalue weighted by molar-refractivity contribution is 5.77. The van der Waals surface area contributed by atoms with Gasteiger partial charge in [-0.25, -0.2) is 4.39 Å². The molecule has 3 N–H and O–H groups in total. The Balaban J connectivity index is 2.74. The summed E-state index contributed by atoms with van der Waals surface area (Å²) in [5.74, 6) is -2.09. The Morgan fingerprint density at radius 1 is 1.63 bits per heavy atom. The second kappa shape index (κ2) is 5.61. The Morgan fingerprint density at radius 2 is 2.26 bits per heavy atom. The second-order valence-electron chi connectivity index (χ2n) is 4.19. The molecule has 1 aromatic carbocycles. The maximum atomic E-state index is 12.9. The fourth-order valence-corrected chi connectivity index (χ4v) is 1.24. The highest BCUT2D eigenvalue weighted by Crippen LogP contribution is 2.27. The van der Waals surface area contributed by atoms with E-state index in [-0.39, 0.29) is 18.8 Å². The number of carbonyl (C=O) groups is 1. The molecule has 0 fully saturated rings. The number of benzene rings is 1. The zero-order valence-corrected chi connectivity index (χ0v) is 10.1. The van der Waals surface area contributed by atoms with Crippen molar-refractivity contribution in [3.05, 3.63) is 34.1 Å². The molecule has 1 rings (SSSR count). The summed E-state index contributed by atoms with van der Waals surface area (Å²) in [6, 6.07) is 2.86. The van der Waals surface area contributed by atoms with Crippen molar-refractivity contribution in [2.75, 3.05) is 6.61 Å². The van der Waals surface area contributed by atoms with Crippen LogP contribution in [-0.4, -0.2) is 28.1 Å². The van der Waals surface area contributed by atoms with Crippen molar-refractivity contribution in [3.63, 3.8) is 0 Å². The number of ether oxygens (including phenoxy) is 1. The third-order valence-corrected chi connectivity index (χ3v) is 2.49. The first kappa shape index (κ1) is 14.8. The van der Waals surface area contributed by atoms with Gasteiger partial charge < -0.3 is 15.6 Å². The first-order valence-electron chi connectivity index (χ1n) is 5.33. The zero-order chi connectivity index (χ0) is 14.6. The molecule has 0 radical (unpaired) electrons. The molecule has 1 unspecified atom stereocenters. The summed E-state index contributed by atoms with van der Waals surface area (Å²) in [6.45, 7) is 1.17. The summed E-state index contributed by atoms with van der Waals surface area (Å²) in [6.07, 6.45) is -0.0448. The van der Waals surface area contributed by atoms with Gasteiger partial charge in [0.15, 0.2) is 5.75 Å². The Hall–Kier alpha value is -2.22. The van der Waals surface area contributed by atoms with Gasteiger partial charge in [0.25, 0.3) is 0 Å². The van der Waals surface area contributed by atoms with E-state index in [0.29, 0.717) is 0 Å². The summed E-state index contributed by atoms with van der Waals surface area (Å²) in [4.78, 5) is 20.6. The fourth-order valence-electron chi connectivity index (χ4n) is 1.24. The van der Waals surface area contributed by atoms with Crippen molar-refractivity contribution in [1.29, 1.82) is 0 Å². The third-order valence-electron chi connectivity index (χ3n) is 2.49. The maximum absolute atomic E-state index is 12.9. The van der Waals surface area contributed by atoms with E-state index < -0.39 is 27.9 Å². The van der Waals surface area contributed by atoms with Crippen molar-refractivity contribution in [2.45, 2.75) is 18.9 Å². The normalized spacial score (nSPS) is 13.6.